The summed E-state index contributed by atoms with van der Waals surface area (Å²) in [6, 6.07) is 7.77. The molecule has 104 valence electrons. The minimum absolute atomic E-state index is 0.119. The van der Waals surface area contributed by atoms with Crippen molar-refractivity contribution in [3.05, 3.63) is 53.6 Å². The lowest BCUT2D eigenvalue weighted by atomic mass is 9.89. The van der Waals surface area contributed by atoms with Crippen molar-refractivity contribution in [3.63, 3.8) is 0 Å². The monoisotopic (exact) mass is 271 g/mol. The van der Waals surface area contributed by atoms with Crippen LogP contribution < -0.4 is 0 Å². The molecule has 1 aromatic carbocycles. The minimum Gasteiger partial charge on any atom is -0.383 e. The highest BCUT2D eigenvalue weighted by Gasteiger charge is 2.40. The highest BCUT2D eigenvalue weighted by atomic mass is 16.3. The van der Waals surface area contributed by atoms with E-state index in [9.17, 15) is 9.90 Å². The third-order valence-electron chi connectivity index (χ3n) is 3.91. The van der Waals surface area contributed by atoms with Crippen molar-refractivity contribution in [3.8, 4) is 0 Å². The van der Waals surface area contributed by atoms with Gasteiger partial charge < -0.3 is 15.0 Å². The van der Waals surface area contributed by atoms with E-state index < -0.39 is 5.60 Å². The van der Waals surface area contributed by atoms with Crippen LogP contribution in [-0.4, -0.2) is 39.0 Å². The van der Waals surface area contributed by atoms with Crippen LogP contribution in [0.5, 0.6) is 0 Å². The first kappa shape index (κ1) is 12.9. The number of amides is 1. The number of carbonyl (C=O) groups is 1. The molecule has 20 heavy (non-hydrogen) atoms. The lowest BCUT2D eigenvalue weighted by Crippen LogP contribution is -2.35. The van der Waals surface area contributed by atoms with Gasteiger partial charge >= 0.3 is 0 Å². The third kappa shape index (κ3) is 2.10. The SMILES string of the molecule is Cc1ccccc1[C@@]1(O)CCN(C(=O)c2cnc[nH]2)C1. The molecule has 0 spiro atoms. The van der Waals surface area contributed by atoms with Gasteiger partial charge in [-0.2, -0.15) is 0 Å². The summed E-state index contributed by atoms with van der Waals surface area (Å²) < 4.78 is 0. The Morgan fingerprint density at radius 3 is 2.95 bits per heavy atom. The number of hydrogen-bond acceptors (Lipinski definition) is 3. The van der Waals surface area contributed by atoms with Crippen LogP contribution in [0.25, 0.3) is 0 Å². The Kier molecular flexibility index (Phi) is 3.06. The molecular weight excluding hydrogens is 254 g/mol. The molecule has 2 aromatic rings. The van der Waals surface area contributed by atoms with Gasteiger partial charge in [0.15, 0.2) is 0 Å². The molecule has 0 saturated carbocycles. The molecule has 0 unspecified atom stereocenters. The van der Waals surface area contributed by atoms with Gasteiger partial charge in [0.2, 0.25) is 0 Å². The van der Waals surface area contributed by atoms with Crippen molar-refractivity contribution in [1.82, 2.24) is 14.9 Å². The van der Waals surface area contributed by atoms with Crippen molar-refractivity contribution in [2.24, 2.45) is 0 Å². The lowest BCUT2D eigenvalue weighted by molar-refractivity contribution is 0.0411. The van der Waals surface area contributed by atoms with E-state index in [1.54, 1.807) is 4.90 Å². The predicted molar refractivity (Wildman–Crippen MR) is 74.2 cm³/mol. The van der Waals surface area contributed by atoms with Gasteiger partial charge in [0.25, 0.3) is 5.91 Å². The van der Waals surface area contributed by atoms with E-state index in [1.807, 2.05) is 31.2 Å². The van der Waals surface area contributed by atoms with Crippen molar-refractivity contribution >= 4 is 5.91 Å². The molecule has 3 rings (SSSR count). The summed E-state index contributed by atoms with van der Waals surface area (Å²) in [6.07, 6.45) is 3.54. The number of aromatic amines is 1. The Labute approximate surface area is 117 Å². The molecule has 1 saturated heterocycles. The second-order valence-corrected chi connectivity index (χ2v) is 5.29. The fourth-order valence-corrected chi connectivity index (χ4v) is 2.83. The minimum atomic E-state index is -0.957. The van der Waals surface area contributed by atoms with Crippen LogP contribution in [0, 0.1) is 6.92 Å². The fourth-order valence-electron chi connectivity index (χ4n) is 2.83. The molecular formula is C15H17N3O2. The van der Waals surface area contributed by atoms with Gasteiger partial charge in [-0.1, -0.05) is 24.3 Å². The van der Waals surface area contributed by atoms with E-state index in [2.05, 4.69) is 9.97 Å². The third-order valence-corrected chi connectivity index (χ3v) is 3.91. The summed E-state index contributed by atoms with van der Waals surface area (Å²) in [5, 5.41) is 10.8. The number of H-pyrrole nitrogens is 1. The number of carbonyl (C=O) groups excluding carboxylic acids is 1. The summed E-state index contributed by atoms with van der Waals surface area (Å²) in [7, 11) is 0. The number of nitrogens with zero attached hydrogens (tertiary/aromatic N) is 2. The molecule has 2 heterocycles. The van der Waals surface area contributed by atoms with Crippen LogP contribution in [0.15, 0.2) is 36.8 Å². The van der Waals surface area contributed by atoms with E-state index in [0.29, 0.717) is 25.2 Å². The Balaban J connectivity index is 1.83. The normalized spacial score (nSPS) is 22.2. The predicted octanol–water partition coefficient (Wildman–Crippen LogP) is 1.45. The zero-order chi connectivity index (χ0) is 14.2. The molecule has 5 heteroatoms. The number of aliphatic hydroxyl groups is 1. The zero-order valence-corrected chi connectivity index (χ0v) is 11.3. The molecule has 2 N–H and O–H groups in total. The van der Waals surface area contributed by atoms with Crippen molar-refractivity contribution < 1.29 is 9.90 Å². The molecule has 0 bridgehead atoms. The highest BCUT2D eigenvalue weighted by Crippen LogP contribution is 2.34. The first-order valence-electron chi connectivity index (χ1n) is 6.66. The van der Waals surface area contributed by atoms with E-state index in [-0.39, 0.29) is 5.91 Å². The Bertz CT molecular complexity index is 624. The fraction of sp³-hybridized carbons (Fsp3) is 0.333. The number of β-amino-alcohol motifs (C(OH)–C–C–N with tert-alkyl or cyclic N) is 1. The van der Waals surface area contributed by atoms with Gasteiger partial charge in [0.05, 0.1) is 19.1 Å². The van der Waals surface area contributed by atoms with Crippen LogP contribution in [-0.2, 0) is 5.60 Å². The maximum atomic E-state index is 12.3. The number of aromatic nitrogens is 2. The van der Waals surface area contributed by atoms with Crippen LogP contribution >= 0.6 is 0 Å². The number of nitrogens with one attached hydrogen (secondary N) is 1. The summed E-state index contributed by atoms with van der Waals surface area (Å²) in [6.45, 7) is 2.84. The topological polar surface area (TPSA) is 69.2 Å². The quantitative estimate of drug-likeness (QED) is 0.868. The van der Waals surface area contributed by atoms with Gasteiger partial charge in [-0.3, -0.25) is 4.79 Å². The number of benzene rings is 1. The maximum absolute atomic E-state index is 12.3. The van der Waals surface area contributed by atoms with Crippen LogP contribution in [0.3, 0.4) is 0 Å². The number of aryl methyl sites for hydroxylation is 1. The summed E-state index contributed by atoms with van der Waals surface area (Å²) in [5.41, 5.74) is 1.45. The molecule has 1 atom stereocenters. The number of imidazole rings is 1. The van der Waals surface area contributed by atoms with E-state index in [4.69, 9.17) is 0 Å². The van der Waals surface area contributed by atoms with Gasteiger partial charge in [-0.25, -0.2) is 4.98 Å². The second kappa shape index (κ2) is 4.76. The maximum Gasteiger partial charge on any atom is 0.272 e. The second-order valence-electron chi connectivity index (χ2n) is 5.29. The largest absolute Gasteiger partial charge is 0.383 e. The Morgan fingerprint density at radius 1 is 1.45 bits per heavy atom. The van der Waals surface area contributed by atoms with Crippen molar-refractivity contribution in [1.29, 1.82) is 0 Å². The number of hydrogen-bond donors (Lipinski definition) is 2. The smallest absolute Gasteiger partial charge is 0.272 e. The van der Waals surface area contributed by atoms with Crippen molar-refractivity contribution in [2.45, 2.75) is 18.9 Å². The average molecular weight is 271 g/mol. The van der Waals surface area contributed by atoms with Crippen molar-refractivity contribution in [2.75, 3.05) is 13.1 Å². The molecule has 0 aliphatic carbocycles. The Morgan fingerprint density at radius 2 is 2.25 bits per heavy atom. The van der Waals surface area contributed by atoms with Gasteiger partial charge in [0.1, 0.15) is 11.3 Å². The molecule has 1 aliphatic rings. The zero-order valence-electron chi connectivity index (χ0n) is 11.3. The number of rotatable bonds is 2. The van der Waals surface area contributed by atoms with Crippen LogP contribution in [0.2, 0.25) is 0 Å². The van der Waals surface area contributed by atoms with Gasteiger partial charge in [0, 0.05) is 6.54 Å². The first-order chi connectivity index (χ1) is 9.60. The van der Waals surface area contributed by atoms with Gasteiger partial charge in [-0.05, 0) is 24.5 Å². The molecule has 5 nitrogen and oxygen atoms in total. The standard InChI is InChI=1S/C15H17N3O2/c1-11-4-2-3-5-12(11)15(20)6-7-18(9-15)14(19)13-8-16-10-17-13/h2-5,8,10,20H,6-7,9H2,1H3,(H,16,17)/t15-/m1/s1. The van der Waals surface area contributed by atoms with Crippen LogP contribution in [0.4, 0.5) is 0 Å². The van der Waals surface area contributed by atoms with E-state index in [0.717, 1.165) is 11.1 Å². The molecule has 1 aliphatic heterocycles. The van der Waals surface area contributed by atoms with Gasteiger partial charge in [-0.15, -0.1) is 0 Å². The summed E-state index contributed by atoms with van der Waals surface area (Å²) in [4.78, 5) is 20.6. The average Bonchev–Trinajstić information content (AvgIpc) is 3.08. The lowest BCUT2D eigenvalue weighted by Gasteiger charge is -2.25. The number of likely N-dealkylation sites (tertiary alicyclic amines) is 1. The molecule has 1 aromatic heterocycles. The van der Waals surface area contributed by atoms with E-state index >= 15 is 0 Å². The summed E-state index contributed by atoms with van der Waals surface area (Å²) >= 11 is 0. The molecule has 0 radical (unpaired) electrons. The Hall–Kier alpha value is -2.14. The molecule has 1 fully saturated rings. The summed E-state index contributed by atoms with van der Waals surface area (Å²) in [5.74, 6) is -0.119. The highest BCUT2D eigenvalue weighted by molar-refractivity contribution is 5.92. The van der Waals surface area contributed by atoms with E-state index in [1.165, 1.54) is 12.5 Å². The van der Waals surface area contributed by atoms with Crippen LogP contribution in [0.1, 0.15) is 28.0 Å². The molecule has 1 amide bonds. The first-order valence-corrected chi connectivity index (χ1v) is 6.66.